The molecule has 2 rings (SSSR count). The molecule has 23 heavy (non-hydrogen) atoms. The van der Waals surface area contributed by atoms with E-state index in [1.54, 1.807) is 6.20 Å². The monoisotopic (exact) mass is 309 g/mol. The van der Waals surface area contributed by atoms with Gasteiger partial charge in [0.1, 0.15) is 5.82 Å². The third kappa shape index (κ3) is 4.92. The molecule has 0 amide bonds. The summed E-state index contributed by atoms with van der Waals surface area (Å²) in [5, 5.41) is 11.9. The fraction of sp³-hybridized carbons (Fsp3) is 0.400. The van der Waals surface area contributed by atoms with Gasteiger partial charge in [-0.3, -0.25) is 5.41 Å². The van der Waals surface area contributed by atoms with Gasteiger partial charge in [0.25, 0.3) is 0 Å². The smallest absolute Gasteiger partial charge is 0.135 e. The molecule has 0 spiro atoms. The number of anilines is 1. The Labute approximate surface area is 139 Å². The second-order valence-electron chi connectivity index (χ2n) is 5.81. The zero-order chi connectivity index (χ0) is 16.5. The van der Waals surface area contributed by atoms with Gasteiger partial charge < -0.3 is 5.32 Å². The second-order valence-corrected chi connectivity index (χ2v) is 5.81. The van der Waals surface area contributed by atoms with Gasteiger partial charge in [-0.15, -0.1) is 0 Å². The molecule has 0 fully saturated rings. The highest BCUT2D eigenvalue weighted by atomic mass is 15.0. The quantitative estimate of drug-likeness (QED) is 0.503. The Morgan fingerprint density at radius 1 is 1.04 bits per heavy atom. The van der Waals surface area contributed by atoms with Crippen molar-refractivity contribution in [1.29, 1.82) is 5.41 Å². The van der Waals surface area contributed by atoms with Gasteiger partial charge in [0.05, 0.1) is 5.71 Å². The van der Waals surface area contributed by atoms with Gasteiger partial charge in [-0.25, -0.2) is 4.98 Å². The van der Waals surface area contributed by atoms with Gasteiger partial charge in [0.15, 0.2) is 0 Å². The lowest BCUT2D eigenvalue weighted by molar-refractivity contribution is 0.684. The van der Waals surface area contributed by atoms with E-state index in [0.29, 0.717) is 5.71 Å². The minimum absolute atomic E-state index is 0.525. The summed E-state index contributed by atoms with van der Waals surface area (Å²) in [4.78, 5) is 4.42. The van der Waals surface area contributed by atoms with Gasteiger partial charge in [0.2, 0.25) is 0 Å². The van der Waals surface area contributed by atoms with Crippen molar-refractivity contribution in [2.24, 2.45) is 0 Å². The molecule has 0 aliphatic rings. The number of hydrogen-bond donors (Lipinski definition) is 2. The normalized spacial score (nSPS) is 10.5. The third-order valence-corrected chi connectivity index (χ3v) is 4.05. The number of aromatic nitrogens is 1. The predicted octanol–water partition coefficient (Wildman–Crippen LogP) is 5.05. The minimum Gasteiger partial charge on any atom is -0.370 e. The number of nitrogens with zero attached hydrogens (tertiary/aromatic N) is 1. The molecule has 1 aromatic heterocycles. The maximum absolute atomic E-state index is 8.51. The standard InChI is InChI=1S/C20H27N3/c1-3-5-6-7-14-22-20-18(9-8-15-23-20)19(21)17-12-10-16(4-2)11-13-17/h8-13,15,21H,3-7,14H2,1-2H3,(H,22,23). The Bertz CT molecular complexity index is 617. The highest BCUT2D eigenvalue weighted by molar-refractivity contribution is 6.13. The van der Waals surface area contributed by atoms with Gasteiger partial charge in [0, 0.05) is 23.9 Å². The Morgan fingerprint density at radius 2 is 1.83 bits per heavy atom. The summed E-state index contributed by atoms with van der Waals surface area (Å²) < 4.78 is 0. The van der Waals surface area contributed by atoms with Gasteiger partial charge >= 0.3 is 0 Å². The molecule has 1 heterocycles. The topological polar surface area (TPSA) is 48.8 Å². The number of nitrogens with one attached hydrogen (secondary N) is 2. The average molecular weight is 309 g/mol. The lowest BCUT2D eigenvalue weighted by atomic mass is 10.0. The van der Waals surface area contributed by atoms with Crippen molar-refractivity contribution in [3.05, 3.63) is 59.3 Å². The van der Waals surface area contributed by atoms with Crippen LogP contribution in [-0.4, -0.2) is 17.2 Å². The fourth-order valence-corrected chi connectivity index (χ4v) is 2.57. The summed E-state index contributed by atoms with van der Waals surface area (Å²) in [6, 6.07) is 12.1. The Morgan fingerprint density at radius 3 is 2.52 bits per heavy atom. The van der Waals surface area contributed by atoms with Crippen LogP contribution >= 0.6 is 0 Å². The molecule has 122 valence electrons. The summed E-state index contributed by atoms with van der Waals surface area (Å²) in [5.41, 5.74) is 3.62. The largest absolute Gasteiger partial charge is 0.370 e. The van der Waals surface area contributed by atoms with Crippen LogP contribution in [0.5, 0.6) is 0 Å². The van der Waals surface area contributed by atoms with Crippen molar-refractivity contribution in [2.75, 3.05) is 11.9 Å². The molecular formula is C20H27N3. The first-order valence-electron chi connectivity index (χ1n) is 8.63. The first-order chi connectivity index (χ1) is 11.3. The van der Waals surface area contributed by atoms with Crippen LogP contribution in [0.1, 0.15) is 56.2 Å². The molecular weight excluding hydrogens is 282 g/mol. The van der Waals surface area contributed by atoms with E-state index in [0.717, 1.165) is 36.3 Å². The van der Waals surface area contributed by atoms with E-state index >= 15 is 0 Å². The van der Waals surface area contributed by atoms with Crippen molar-refractivity contribution in [3.63, 3.8) is 0 Å². The highest BCUT2D eigenvalue weighted by Crippen LogP contribution is 2.17. The van der Waals surface area contributed by atoms with E-state index in [1.165, 1.54) is 24.8 Å². The SMILES string of the molecule is CCCCCCNc1ncccc1C(=N)c1ccc(CC)cc1. The molecule has 0 saturated carbocycles. The summed E-state index contributed by atoms with van der Waals surface area (Å²) in [6.07, 6.45) is 7.70. The van der Waals surface area contributed by atoms with Gasteiger partial charge in [-0.2, -0.15) is 0 Å². The number of unbranched alkanes of at least 4 members (excludes halogenated alkanes) is 3. The Balaban J connectivity index is 2.07. The molecule has 0 atom stereocenters. The second kappa shape index (κ2) is 9.09. The molecule has 2 aromatic rings. The molecule has 0 radical (unpaired) electrons. The Kier molecular flexibility index (Phi) is 6.79. The summed E-state index contributed by atoms with van der Waals surface area (Å²) >= 11 is 0. The molecule has 0 bridgehead atoms. The molecule has 0 saturated heterocycles. The third-order valence-electron chi connectivity index (χ3n) is 4.05. The maximum Gasteiger partial charge on any atom is 0.135 e. The molecule has 0 aliphatic heterocycles. The van der Waals surface area contributed by atoms with Crippen LogP contribution in [-0.2, 0) is 6.42 Å². The first-order valence-corrected chi connectivity index (χ1v) is 8.63. The van der Waals surface area contributed by atoms with E-state index in [-0.39, 0.29) is 0 Å². The average Bonchev–Trinajstić information content (AvgIpc) is 2.61. The molecule has 1 aromatic carbocycles. The number of rotatable bonds is 9. The van der Waals surface area contributed by atoms with Crippen molar-refractivity contribution in [1.82, 2.24) is 4.98 Å². The molecule has 3 heteroatoms. The minimum atomic E-state index is 0.525. The fourth-order valence-electron chi connectivity index (χ4n) is 2.57. The highest BCUT2D eigenvalue weighted by Gasteiger charge is 2.10. The Hall–Kier alpha value is -2.16. The number of aryl methyl sites for hydroxylation is 1. The summed E-state index contributed by atoms with van der Waals surface area (Å²) in [6.45, 7) is 5.27. The zero-order valence-electron chi connectivity index (χ0n) is 14.2. The lowest BCUT2D eigenvalue weighted by Gasteiger charge is -2.12. The summed E-state index contributed by atoms with van der Waals surface area (Å²) in [5.74, 6) is 0.813. The van der Waals surface area contributed by atoms with Gasteiger partial charge in [-0.1, -0.05) is 57.4 Å². The van der Waals surface area contributed by atoms with Crippen molar-refractivity contribution >= 4 is 11.5 Å². The molecule has 0 unspecified atom stereocenters. The van der Waals surface area contributed by atoms with Crippen LogP contribution in [0.2, 0.25) is 0 Å². The van der Waals surface area contributed by atoms with E-state index in [1.807, 2.05) is 24.3 Å². The summed E-state index contributed by atoms with van der Waals surface area (Å²) in [7, 11) is 0. The molecule has 3 nitrogen and oxygen atoms in total. The molecule has 2 N–H and O–H groups in total. The van der Waals surface area contributed by atoms with Crippen molar-refractivity contribution in [3.8, 4) is 0 Å². The van der Waals surface area contributed by atoms with E-state index in [2.05, 4.69) is 36.3 Å². The first kappa shape index (κ1) is 17.2. The molecule has 0 aliphatic carbocycles. The number of benzene rings is 1. The number of pyridine rings is 1. The van der Waals surface area contributed by atoms with Crippen LogP contribution in [0.4, 0.5) is 5.82 Å². The predicted molar refractivity (Wildman–Crippen MR) is 98.6 cm³/mol. The van der Waals surface area contributed by atoms with Crippen LogP contribution in [0.15, 0.2) is 42.6 Å². The van der Waals surface area contributed by atoms with Crippen molar-refractivity contribution in [2.45, 2.75) is 46.0 Å². The van der Waals surface area contributed by atoms with Crippen LogP contribution < -0.4 is 5.32 Å². The van der Waals surface area contributed by atoms with Crippen LogP contribution in [0.25, 0.3) is 0 Å². The van der Waals surface area contributed by atoms with E-state index in [4.69, 9.17) is 5.41 Å². The van der Waals surface area contributed by atoms with E-state index in [9.17, 15) is 0 Å². The van der Waals surface area contributed by atoms with E-state index < -0.39 is 0 Å². The van der Waals surface area contributed by atoms with Crippen LogP contribution in [0, 0.1) is 5.41 Å². The zero-order valence-corrected chi connectivity index (χ0v) is 14.2. The van der Waals surface area contributed by atoms with Gasteiger partial charge in [-0.05, 0) is 30.5 Å². The number of hydrogen-bond acceptors (Lipinski definition) is 3. The maximum atomic E-state index is 8.51. The lowest BCUT2D eigenvalue weighted by Crippen LogP contribution is -2.10. The van der Waals surface area contributed by atoms with Crippen molar-refractivity contribution < 1.29 is 0 Å². The van der Waals surface area contributed by atoms with Crippen LogP contribution in [0.3, 0.4) is 0 Å².